The molecule has 1 amide bonds. The lowest BCUT2D eigenvalue weighted by molar-refractivity contribution is -0.116. The quantitative estimate of drug-likeness (QED) is 0.760. The highest BCUT2D eigenvalue weighted by atomic mass is 32.2. The molecule has 144 valence electrons. The van der Waals surface area contributed by atoms with E-state index in [1.165, 1.54) is 56.5 Å². The van der Waals surface area contributed by atoms with E-state index in [0.717, 1.165) is 16.6 Å². The van der Waals surface area contributed by atoms with Crippen molar-refractivity contribution in [1.82, 2.24) is 0 Å². The third kappa shape index (κ3) is 4.82. The maximum atomic E-state index is 14.1. The van der Waals surface area contributed by atoms with Crippen molar-refractivity contribution in [3.05, 3.63) is 59.9 Å². The summed E-state index contributed by atoms with van der Waals surface area (Å²) >= 11 is 0. The van der Waals surface area contributed by atoms with Crippen molar-refractivity contribution in [2.24, 2.45) is 0 Å². The van der Waals surface area contributed by atoms with Crippen LogP contribution in [0.4, 0.5) is 15.8 Å². The van der Waals surface area contributed by atoms with Crippen molar-refractivity contribution in [3.63, 3.8) is 0 Å². The van der Waals surface area contributed by atoms with Gasteiger partial charge in [0.15, 0.2) is 0 Å². The molecule has 7 nitrogen and oxygen atoms in total. The molecule has 2 aromatic carbocycles. The minimum Gasteiger partial charge on any atom is -0.465 e. The Morgan fingerprint density at radius 2 is 1.70 bits per heavy atom. The van der Waals surface area contributed by atoms with E-state index < -0.39 is 33.8 Å². The molecule has 0 aliphatic rings. The van der Waals surface area contributed by atoms with Gasteiger partial charge in [-0.2, -0.15) is 0 Å². The lowest BCUT2D eigenvalue weighted by Crippen LogP contribution is -2.45. The van der Waals surface area contributed by atoms with E-state index in [0.29, 0.717) is 11.3 Å². The number of methoxy groups -OCH3 is 1. The third-order valence-electron chi connectivity index (χ3n) is 3.75. The van der Waals surface area contributed by atoms with E-state index in [1.54, 1.807) is 0 Å². The number of nitrogens with zero attached hydrogens (tertiary/aromatic N) is 1. The largest absolute Gasteiger partial charge is 0.465 e. The Bertz CT molecular complexity index is 944. The first-order valence-corrected chi connectivity index (χ1v) is 9.73. The lowest BCUT2D eigenvalue weighted by atomic mass is 10.2. The van der Waals surface area contributed by atoms with Crippen LogP contribution in [0, 0.1) is 5.82 Å². The number of hydrogen-bond acceptors (Lipinski definition) is 5. The molecule has 0 aromatic heterocycles. The van der Waals surface area contributed by atoms with E-state index in [2.05, 4.69) is 10.1 Å². The number of nitrogens with one attached hydrogen (secondary N) is 1. The predicted octanol–water partition coefficient (Wildman–Crippen LogP) is 2.41. The number of carbonyl (C=O) groups is 2. The first kappa shape index (κ1) is 20.4. The van der Waals surface area contributed by atoms with Crippen molar-refractivity contribution >= 4 is 33.3 Å². The average molecular weight is 394 g/mol. The van der Waals surface area contributed by atoms with Crippen molar-refractivity contribution < 1.29 is 27.1 Å². The summed E-state index contributed by atoms with van der Waals surface area (Å²) < 4.78 is 43.7. The van der Waals surface area contributed by atoms with Crippen molar-refractivity contribution in [2.75, 3.05) is 23.0 Å². The van der Waals surface area contributed by atoms with E-state index in [9.17, 15) is 22.4 Å². The van der Waals surface area contributed by atoms with Gasteiger partial charge < -0.3 is 10.1 Å². The maximum absolute atomic E-state index is 14.1. The average Bonchev–Trinajstić information content (AvgIpc) is 2.62. The number of halogens is 1. The van der Waals surface area contributed by atoms with E-state index >= 15 is 0 Å². The summed E-state index contributed by atoms with van der Waals surface area (Å²) in [5, 5.41) is 2.55. The summed E-state index contributed by atoms with van der Waals surface area (Å²) in [6.07, 6.45) is 0.897. The SMILES string of the molecule is COC(=O)c1ccc(NC(=O)[C@H](C)N(c2ccccc2F)S(C)(=O)=O)cc1. The molecule has 0 heterocycles. The molecule has 0 radical (unpaired) electrons. The zero-order valence-electron chi connectivity index (χ0n) is 15.0. The number of carbonyl (C=O) groups excluding carboxylic acids is 2. The summed E-state index contributed by atoms with van der Waals surface area (Å²) in [7, 11) is -2.67. The van der Waals surface area contributed by atoms with Crippen LogP contribution in [-0.4, -0.2) is 39.7 Å². The van der Waals surface area contributed by atoms with Gasteiger partial charge in [0, 0.05) is 5.69 Å². The number of benzene rings is 2. The molecular weight excluding hydrogens is 375 g/mol. The Kier molecular flexibility index (Phi) is 6.17. The van der Waals surface area contributed by atoms with Crippen LogP contribution in [0.25, 0.3) is 0 Å². The number of para-hydroxylation sites is 1. The zero-order valence-corrected chi connectivity index (χ0v) is 15.8. The number of amides is 1. The number of esters is 1. The van der Waals surface area contributed by atoms with Gasteiger partial charge in [0.25, 0.3) is 0 Å². The van der Waals surface area contributed by atoms with Crippen LogP contribution in [0.3, 0.4) is 0 Å². The number of sulfonamides is 1. The Hall–Kier alpha value is -2.94. The van der Waals surface area contributed by atoms with Gasteiger partial charge in [0.05, 0.1) is 24.6 Å². The predicted molar refractivity (Wildman–Crippen MR) is 99.6 cm³/mol. The van der Waals surface area contributed by atoms with Gasteiger partial charge in [-0.1, -0.05) is 12.1 Å². The molecule has 1 atom stereocenters. The summed E-state index contributed by atoms with van der Waals surface area (Å²) in [4.78, 5) is 24.0. The first-order chi connectivity index (χ1) is 12.6. The lowest BCUT2D eigenvalue weighted by Gasteiger charge is -2.28. The second-order valence-corrected chi connectivity index (χ2v) is 7.60. The Morgan fingerprint density at radius 3 is 2.22 bits per heavy atom. The van der Waals surface area contributed by atoms with Gasteiger partial charge in [-0.3, -0.25) is 9.10 Å². The topological polar surface area (TPSA) is 92.8 Å². The summed E-state index contributed by atoms with van der Waals surface area (Å²) in [6, 6.07) is 9.95. The van der Waals surface area contributed by atoms with Crippen LogP contribution in [-0.2, 0) is 19.6 Å². The van der Waals surface area contributed by atoms with Gasteiger partial charge >= 0.3 is 5.97 Å². The molecule has 0 unspecified atom stereocenters. The second kappa shape index (κ2) is 8.17. The van der Waals surface area contributed by atoms with Crippen LogP contribution in [0.5, 0.6) is 0 Å². The Labute approximate surface area is 156 Å². The fraction of sp³-hybridized carbons (Fsp3) is 0.222. The summed E-state index contributed by atoms with van der Waals surface area (Å²) in [6.45, 7) is 1.35. The number of hydrogen-bond donors (Lipinski definition) is 1. The molecule has 9 heteroatoms. The molecule has 0 saturated carbocycles. The Morgan fingerprint density at radius 1 is 1.11 bits per heavy atom. The van der Waals surface area contributed by atoms with E-state index in [-0.39, 0.29) is 5.69 Å². The first-order valence-electron chi connectivity index (χ1n) is 7.88. The van der Waals surface area contributed by atoms with E-state index in [4.69, 9.17) is 0 Å². The minimum atomic E-state index is -3.93. The van der Waals surface area contributed by atoms with Gasteiger partial charge in [-0.25, -0.2) is 17.6 Å². The van der Waals surface area contributed by atoms with Crippen molar-refractivity contribution in [3.8, 4) is 0 Å². The molecule has 1 N–H and O–H groups in total. The standard InChI is InChI=1S/C18H19FN2O5S/c1-12(21(27(3,24)25)16-7-5-4-6-15(16)19)17(22)20-14-10-8-13(9-11-14)18(23)26-2/h4-12H,1-3H3,(H,20,22)/t12-/m0/s1. The van der Waals surface area contributed by atoms with Gasteiger partial charge in [-0.05, 0) is 43.3 Å². The fourth-order valence-electron chi connectivity index (χ4n) is 2.47. The van der Waals surface area contributed by atoms with Crippen LogP contribution in [0.2, 0.25) is 0 Å². The normalized spacial score (nSPS) is 12.1. The summed E-state index contributed by atoms with van der Waals surface area (Å²) in [5.41, 5.74) is 0.429. The molecule has 0 aliphatic heterocycles. The van der Waals surface area contributed by atoms with Crippen LogP contribution in [0.1, 0.15) is 17.3 Å². The highest BCUT2D eigenvalue weighted by molar-refractivity contribution is 7.92. The zero-order chi connectivity index (χ0) is 20.2. The molecule has 27 heavy (non-hydrogen) atoms. The monoisotopic (exact) mass is 394 g/mol. The molecular formula is C18H19FN2O5S. The molecule has 0 aliphatic carbocycles. The maximum Gasteiger partial charge on any atom is 0.337 e. The number of anilines is 2. The van der Waals surface area contributed by atoms with Crippen LogP contribution in [0.15, 0.2) is 48.5 Å². The van der Waals surface area contributed by atoms with Crippen molar-refractivity contribution in [2.45, 2.75) is 13.0 Å². The molecule has 0 bridgehead atoms. The molecule has 2 rings (SSSR count). The van der Waals surface area contributed by atoms with Gasteiger partial charge in [0.1, 0.15) is 11.9 Å². The van der Waals surface area contributed by atoms with Crippen LogP contribution < -0.4 is 9.62 Å². The number of rotatable bonds is 6. The number of ether oxygens (including phenoxy) is 1. The molecule has 0 fully saturated rings. The second-order valence-electron chi connectivity index (χ2n) is 5.74. The van der Waals surface area contributed by atoms with E-state index in [1.807, 2.05) is 0 Å². The minimum absolute atomic E-state index is 0.219. The van der Waals surface area contributed by atoms with Gasteiger partial charge in [-0.15, -0.1) is 0 Å². The fourth-order valence-corrected chi connectivity index (χ4v) is 3.64. The molecule has 0 spiro atoms. The molecule has 2 aromatic rings. The highest BCUT2D eigenvalue weighted by Crippen LogP contribution is 2.24. The molecule has 0 saturated heterocycles. The van der Waals surface area contributed by atoms with Crippen LogP contribution >= 0.6 is 0 Å². The Balaban J connectivity index is 2.25. The van der Waals surface area contributed by atoms with Gasteiger partial charge in [0.2, 0.25) is 15.9 Å². The highest BCUT2D eigenvalue weighted by Gasteiger charge is 2.31. The smallest absolute Gasteiger partial charge is 0.337 e. The summed E-state index contributed by atoms with van der Waals surface area (Å²) in [5.74, 6) is -1.94. The third-order valence-corrected chi connectivity index (χ3v) is 4.98. The van der Waals surface area contributed by atoms with Crippen molar-refractivity contribution in [1.29, 1.82) is 0 Å².